The molecule has 1 aromatic carbocycles. The van der Waals surface area contributed by atoms with E-state index in [1.165, 1.54) is 25.2 Å². The highest BCUT2D eigenvalue weighted by atomic mass is 35.5. The molecule has 1 saturated heterocycles. The molecule has 1 aliphatic heterocycles. The second-order valence-corrected chi connectivity index (χ2v) is 5.43. The summed E-state index contributed by atoms with van der Waals surface area (Å²) in [6, 6.07) is 8.22. The summed E-state index contributed by atoms with van der Waals surface area (Å²) in [6.45, 7) is 8.13. The Morgan fingerprint density at radius 2 is 2.12 bits per heavy atom. The van der Waals surface area contributed by atoms with Crippen LogP contribution in [0.2, 0.25) is 5.02 Å². The van der Waals surface area contributed by atoms with E-state index in [0.29, 0.717) is 5.92 Å². The average molecular weight is 253 g/mol. The Hall–Kier alpha value is -0.570. The number of nitrogens with one attached hydrogen (secondary N) is 1. The van der Waals surface area contributed by atoms with E-state index in [1.54, 1.807) is 0 Å². The highest BCUT2D eigenvalue weighted by Crippen LogP contribution is 2.15. The fourth-order valence-corrected chi connectivity index (χ4v) is 2.68. The van der Waals surface area contributed by atoms with E-state index in [4.69, 9.17) is 11.6 Å². The molecule has 1 heterocycles. The van der Waals surface area contributed by atoms with Crippen molar-refractivity contribution in [3.05, 3.63) is 34.9 Å². The lowest BCUT2D eigenvalue weighted by molar-refractivity contribution is 0.211. The number of halogens is 1. The maximum atomic E-state index is 6.00. The summed E-state index contributed by atoms with van der Waals surface area (Å²) in [5.41, 5.74) is 1.35. The molecular weight excluding hydrogens is 232 g/mol. The van der Waals surface area contributed by atoms with Crippen molar-refractivity contribution in [3.63, 3.8) is 0 Å². The summed E-state index contributed by atoms with van der Waals surface area (Å²) in [5.74, 6) is 0.687. The summed E-state index contributed by atoms with van der Waals surface area (Å²) < 4.78 is 0. The Morgan fingerprint density at radius 3 is 2.82 bits per heavy atom. The third-order valence-corrected chi connectivity index (χ3v) is 3.49. The summed E-state index contributed by atoms with van der Waals surface area (Å²) >= 11 is 6.00. The third kappa shape index (κ3) is 4.30. The second-order valence-electron chi connectivity index (χ2n) is 4.99. The first-order valence-corrected chi connectivity index (χ1v) is 6.79. The van der Waals surface area contributed by atoms with Crippen molar-refractivity contribution in [2.24, 2.45) is 5.92 Å². The molecule has 0 aromatic heterocycles. The molecule has 17 heavy (non-hydrogen) atoms. The number of benzene rings is 1. The summed E-state index contributed by atoms with van der Waals surface area (Å²) in [6.07, 6.45) is 1.12. The molecule has 1 aliphatic rings. The van der Waals surface area contributed by atoms with E-state index in [9.17, 15) is 0 Å². The van der Waals surface area contributed by atoms with E-state index >= 15 is 0 Å². The van der Waals surface area contributed by atoms with Gasteiger partial charge in [-0.15, -0.1) is 0 Å². The van der Waals surface area contributed by atoms with Crippen molar-refractivity contribution in [2.75, 3.05) is 32.7 Å². The highest BCUT2D eigenvalue weighted by Gasteiger charge is 2.13. The highest BCUT2D eigenvalue weighted by molar-refractivity contribution is 6.30. The predicted octanol–water partition coefficient (Wildman–Crippen LogP) is 2.42. The minimum absolute atomic E-state index is 0.687. The molecule has 0 spiro atoms. The predicted molar refractivity (Wildman–Crippen MR) is 73.6 cm³/mol. The van der Waals surface area contributed by atoms with Gasteiger partial charge in [0.25, 0.3) is 0 Å². The van der Waals surface area contributed by atoms with Crippen LogP contribution in [0.5, 0.6) is 0 Å². The van der Waals surface area contributed by atoms with Crippen LogP contribution in [0, 0.1) is 5.92 Å². The largest absolute Gasteiger partial charge is 0.314 e. The van der Waals surface area contributed by atoms with Gasteiger partial charge in [-0.25, -0.2) is 0 Å². The van der Waals surface area contributed by atoms with Gasteiger partial charge >= 0.3 is 0 Å². The van der Waals surface area contributed by atoms with E-state index in [2.05, 4.69) is 29.3 Å². The van der Waals surface area contributed by atoms with Gasteiger partial charge in [0.1, 0.15) is 0 Å². The average Bonchev–Trinajstić information content (AvgIpc) is 2.30. The minimum Gasteiger partial charge on any atom is -0.314 e. The lowest BCUT2D eigenvalue weighted by Crippen LogP contribution is -2.45. The van der Waals surface area contributed by atoms with Crippen LogP contribution in [0.3, 0.4) is 0 Å². The maximum Gasteiger partial charge on any atom is 0.0408 e. The number of nitrogens with zero attached hydrogens (tertiary/aromatic N) is 1. The number of hydrogen-bond acceptors (Lipinski definition) is 2. The smallest absolute Gasteiger partial charge is 0.0408 e. The number of piperazine rings is 1. The molecule has 0 aliphatic carbocycles. The molecule has 0 saturated carbocycles. The molecule has 1 N–H and O–H groups in total. The third-order valence-electron chi connectivity index (χ3n) is 3.25. The first kappa shape index (κ1) is 12.9. The molecule has 2 rings (SSSR count). The standard InChI is InChI=1S/C14H21ClN2/c1-12(11-17-7-5-16-6-8-17)9-13-3-2-4-14(15)10-13/h2-4,10,12,16H,5-9,11H2,1H3. The van der Waals surface area contributed by atoms with Crippen molar-refractivity contribution in [3.8, 4) is 0 Å². The van der Waals surface area contributed by atoms with Crippen LogP contribution in [-0.4, -0.2) is 37.6 Å². The van der Waals surface area contributed by atoms with E-state index < -0.39 is 0 Å². The van der Waals surface area contributed by atoms with Crippen LogP contribution in [0.1, 0.15) is 12.5 Å². The molecule has 1 aromatic rings. The first-order chi connectivity index (χ1) is 8.24. The summed E-state index contributed by atoms with van der Waals surface area (Å²) in [5, 5.41) is 4.23. The van der Waals surface area contributed by atoms with Gasteiger partial charge in [0, 0.05) is 37.7 Å². The van der Waals surface area contributed by atoms with Crippen LogP contribution in [0.4, 0.5) is 0 Å². The Balaban J connectivity index is 1.82. The topological polar surface area (TPSA) is 15.3 Å². The van der Waals surface area contributed by atoms with Gasteiger partial charge in [-0.05, 0) is 30.0 Å². The fourth-order valence-electron chi connectivity index (χ4n) is 2.47. The molecular formula is C14H21ClN2. The van der Waals surface area contributed by atoms with Gasteiger partial charge in [0.05, 0.1) is 0 Å². The summed E-state index contributed by atoms with van der Waals surface area (Å²) in [4.78, 5) is 2.55. The molecule has 94 valence electrons. The van der Waals surface area contributed by atoms with Crippen LogP contribution >= 0.6 is 11.6 Å². The molecule has 1 unspecified atom stereocenters. The number of hydrogen-bond donors (Lipinski definition) is 1. The van der Waals surface area contributed by atoms with Gasteiger partial charge in [-0.1, -0.05) is 30.7 Å². The Bertz CT molecular complexity index is 348. The maximum absolute atomic E-state index is 6.00. The quantitative estimate of drug-likeness (QED) is 0.886. The number of rotatable bonds is 4. The van der Waals surface area contributed by atoms with Crippen LogP contribution in [0.15, 0.2) is 24.3 Å². The van der Waals surface area contributed by atoms with Crippen LogP contribution < -0.4 is 5.32 Å². The van der Waals surface area contributed by atoms with Crippen molar-refractivity contribution >= 4 is 11.6 Å². The van der Waals surface area contributed by atoms with Crippen molar-refractivity contribution in [2.45, 2.75) is 13.3 Å². The van der Waals surface area contributed by atoms with Gasteiger partial charge < -0.3 is 10.2 Å². The Kier molecular flexibility index (Phi) is 4.84. The zero-order valence-corrected chi connectivity index (χ0v) is 11.2. The monoisotopic (exact) mass is 252 g/mol. The van der Waals surface area contributed by atoms with Crippen LogP contribution in [-0.2, 0) is 6.42 Å². The molecule has 2 nitrogen and oxygen atoms in total. The van der Waals surface area contributed by atoms with Gasteiger partial charge in [0.2, 0.25) is 0 Å². The van der Waals surface area contributed by atoms with E-state index in [-0.39, 0.29) is 0 Å². The van der Waals surface area contributed by atoms with Gasteiger partial charge in [-0.3, -0.25) is 0 Å². The lowest BCUT2D eigenvalue weighted by Gasteiger charge is -2.29. The molecule has 0 radical (unpaired) electrons. The molecule has 0 amide bonds. The zero-order valence-electron chi connectivity index (χ0n) is 10.5. The summed E-state index contributed by atoms with van der Waals surface area (Å²) in [7, 11) is 0. The van der Waals surface area contributed by atoms with Gasteiger partial charge in [0.15, 0.2) is 0 Å². The van der Waals surface area contributed by atoms with Crippen molar-refractivity contribution in [1.82, 2.24) is 10.2 Å². The second kappa shape index (κ2) is 6.39. The van der Waals surface area contributed by atoms with E-state index in [1.807, 2.05) is 12.1 Å². The zero-order chi connectivity index (χ0) is 12.1. The van der Waals surface area contributed by atoms with E-state index in [0.717, 1.165) is 24.5 Å². The fraction of sp³-hybridized carbons (Fsp3) is 0.571. The molecule has 1 fully saturated rings. The lowest BCUT2D eigenvalue weighted by atomic mass is 10.0. The SMILES string of the molecule is CC(Cc1cccc(Cl)c1)CN1CCNCC1. The Labute approximate surface area is 109 Å². The first-order valence-electron chi connectivity index (χ1n) is 6.41. The minimum atomic E-state index is 0.687. The normalized spacial score (nSPS) is 19.2. The van der Waals surface area contributed by atoms with Crippen molar-refractivity contribution in [1.29, 1.82) is 0 Å². The van der Waals surface area contributed by atoms with Crippen LogP contribution in [0.25, 0.3) is 0 Å². The Morgan fingerprint density at radius 1 is 1.35 bits per heavy atom. The molecule has 1 atom stereocenters. The molecule has 3 heteroatoms. The molecule has 0 bridgehead atoms. The van der Waals surface area contributed by atoms with Crippen molar-refractivity contribution < 1.29 is 0 Å². The van der Waals surface area contributed by atoms with Gasteiger partial charge in [-0.2, -0.15) is 0 Å².